The zero-order valence-electron chi connectivity index (χ0n) is 14.7. The van der Waals surface area contributed by atoms with Crippen LogP contribution in [0.3, 0.4) is 0 Å². The molecule has 24 heavy (non-hydrogen) atoms. The summed E-state index contributed by atoms with van der Waals surface area (Å²) in [5.74, 6) is 1.91. The first-order valence-electron chi connectivity index (χ1n) is 8.25. The minimum absolute atomic E-state index is 0.0257. The molecule has 0 aromatic heterocycles. The van der Waals surface area contributed by atoms with E-state index < -0.39 is 0 Å². The van der Waals surface area contributed by atoms with Crippen molar-refractivity contribution in [3.63, 3.8) is 0 Å². The van der Waals surface area contributed by atoms with Crippen LogP contribution in [0.25, 0.3) is 0 Å². The molecule has 0 saturated carbocycles. The fourth-order valence-corrected chi connectivity index (χ4v) is 7.37. The number of benzene rings is 2. The molecule has 2 unspecified atom stereocenters. The van der Waals surface area contributed by atoms with Gasteiger partial charge < -0.3 is 0 Å². The maximum atomic E-state index is 6.21. The van der Waals surface area contributed by atoms with Gasteiger partial charge in [-0.15, -0.1) is 0 Å². The van der Waals surface area contributed by atoms with Crippen molar-refractivity contribution in [3.05, 3.63) is 59.2 Å². The molecule has 0 fully saturated rings. The van der Waals surface area contributed by atoms with Crippen LogP contribution >= 0.6 is 23.0 Å². The van der Waals surface area contributed by atoms with Gasteiger partial charge in [0.2, 0.25) is 0 Å². The second-order valence-corrected chi connectivity index (χ2v) is 10.9. The molecule has 132 valence electrons. The molecule has 0 N–H and O–H groups in total. The van der Waals surface area contributed by atoms with Gasteiger partial charge in [-0.1, -0.05) is 0 Å². The van der Waals surface area contributed by atoms with Crippen LogP contribution in [0.4, 0.5) is 0 Å². The number of aryl methyl sites for hydroxylation is 1. The SMILES string of the molecule is CCC([I-]C(C)COI)c1ccc(C)c(Oc2ccccc2)c1C. The van der Waals surface area contributed by atoms with Crippen molar-refractivity contribution >= 4 is 23.0 Å². The van der Waals surface area contributed by atoms with Gasteiger partial charge in [-0.05, 0) is 0 Å². The van der Waals surface area contributed by atoms with Gasteiger partial charge in [-0.2, -0.15) is 0 Å². The Bertz CT molecular complexity index is 644. The number of para-hydroxylation sites is 1. The molecule has 0 amide bonds. The van der Waals surface area contributed by atoms with Gasteiger partial charge in [-0.3, -0.25) is 0 Å². The summed E-state index contributed by atoms with van der Waals surface area (Å²) < 4.78 is 12.8. The summed E-state index contributed by atoms with van der Waals surface area (Å²) in [7, 11) is 0. The Morgan fingerprint density at radius 1 is 1.08 bits per heavy atom. The van der Waals surface area contributed by atoms with Crippen molar-refractivity contribution in [2.45, 2.75) is 42.0 Å². The van der Waals surface area contributed by atoms with Gasteiger partial charge in [0.15, 0.2) is 0 Å². The third kappa shape index (κ3) is 5.33. The molecular formula is C20H25I2O2-. The number of rotatable bonds is 8. The van der Waals surface area contributed by atoms with Crippen molar-refractivity contribution in [2.75, 3.05) is 6.61 Å². The Morgan fingerprint density at radius 2 is 1.79 bits per heavy atom. The fourth-order valence-electron chi connectivity index (χ4n) is 2.70. The molecule has 0 aliphatic rings. The average molecular weight is 551 g/mol. The predicted octanol–water partition coefficient (Wildman–Crippen LogP) is 3.39. The van der Waals surface area contributed by atoms with Crippen LogP contribution in [0.15, 0.2) is 42.5 Å². The maximum absolute atomic E-state index is 6.21. The van der Waals surface area contributed by atoms with E-state index in [1.807, 2.05) is 53.3 Å². The molecule has 0 radical (unpaired) electrons. The summed E-state index contributed by atoms with van der Waals surface area (Å²) in [6.45, 7) is 9.77. The van der Waals surface area contributed by atoms with E-state index in [0.29, 0.717) is 7.85 Å². The Hall–Kier alpha value is -0.340. The van der Waals surface area contributed by atoms with Gasteiger partial charge in [-0.25, -0.2) is 0 Å². The molecule has 2 nitrogen and oxygen atoms in total. The van der Waals surface area contributed by atoms with Gasteiger partial charge in [0, 0.05) is 0 Å². The van der Waals surface area contributed by atoms with Gasteiger partial charge in [0.05, 0.1) is 0 Å². The summed E-state index contributed by atoms with van der Waals surface area (Å²) in [6.07, 6.45) is 1.17. The monoisotopic (exact) mass is 551 g/mol. The van der Waals surface area contributed by atoms with E-state index >= 15 is 0 Å². The first kappa shape index (κ1) is 20.0. The van der Waals surface area contributed by atoms with Gasteiger partial charge in [0.1, 0.15) is 0 Å². The van der Waals surface area contributed by atoms with E-state index in [4.69, 9.17) is 7.80 Å². The van der Waals surface area contributed by atoms with Crippen LogP contribution in [-0.2, 0) is 3.07 Å². The molecule has 2 rings (SSSR count). The third-order valence-corrected chi connectivity index (χ3v) is 8.33. The number of halogens is 2. The summed E-state index contributed by atoms with van der Waals surface area (Å²) in [4.78, 5) is 0. The summed E-state index contributed by atoms with van der Waals surface area (Å²) in [5.41, 5.74) is 3.92. The van der Waals surface area contributed by atoms with Crippen LogP contribution in [0.1, 0.15) is 40.9 Å². The topological polar surface area (TPSA) is 18.5 Å². The molecule has 2 atom stereocenters. The molecule has 0 spiro atoms. The molecule has 2 aromatic carbocycles. The zero-order valence-corrected chi connectivity index (χ0v) is 19.0. The van der Waals surface area contributed by atoms with Crippen LogP contribution in [0, 0.1) is 13.8 Å². The van der Waals surface area contributed by atoms with Crippen molar-refractivity contribution in [1.82, 2.24) is 0 Å². The first-order valence-corrected chi connectivity index (χ1v) is 11.6. The third-order valence-electron chi connectivity index (χ3n) is 3.96. The van der Waals surface area contributed by atoms with Crippen molar-refractivity contribution in [3.8, 4) is 11.5 Å². The van der Waals surface area contributed by atoms with Crippen LogP contribution in [-0.4, -0.2) is 10.5 Å². The standard InChI is InChI=1S/C20H25I2O2/c1-5-19(22-15(3)13-23-21)18-12-11-14(2)20(16(18)4)24-17-9-7-6-8-10-17/h6-12,15,19H,5,13H2,1-4H3/q-1. The van der Waals surface area contributed by atoms with Crippen molar-refractivity contribution in [2.24, 2.45) is 0 Å². The second kappa shape index (κ2) is 9.97. The molecule has 0 bridgehead atoms. The zero-order chi connectivity index (χ0) is 17.5. The minimum atomic E-state index is 0.0257. The quantitative estimate of drug-likeness (QED) is 0.370. The van der Waals surface area contributed by atoms with Gasteiger partial charge in [0.25, 0.3) is 0 Å². The van der Waals surface area contributed by atoms with E-state index in [0.717, 1.165) is 18.1 Å². The Morgan fingerprint density at radius 3 is 2.42 bits per heavy atom. The van der Waals surface area contributed by atoms with E-state index in [-0.39, 0.29) is 21.2 Å². The van der Waals surface area contributed by atoms with Crippen LogP contribution in [0.2, 0.25) is 0 Å². The number of hydrogen-bond acceptors (Lipinski definition) is 2. The normalized spacial score (nSPS) is 13.7. The molecule has 0 saturated heterocycles. The van der Waals surface area contributed by atoms with Gasteiger partial charge >= 0.3 is 171 Å². The molecule has 4 heteroatoms. The average Bonchev–Trinajstić information content (AvgIpc) is 2.58. The molecule has 2 aromatic rings. The van der Waals surface area contributed by atoms with Crippen LogP contribution in [0.5, 0.6) is 11.5 Å². The first-order chi connectivity index (χ1) is 11.6. The summed E-state index contributed by atoms with van der Waals surface area (Å²) in [6, 6.07) is 14.6. The second-order valence-electron chi connectivity index (χ2n) is 5.90. The Labute approximate surface area is 170 Å². The van der Waals surface area contributed by atoms with Crippen molar-refractivity contribution < 1.29 is 29.0 Å². The Balaban J connectivity index is 2.29. The predicted molar refractivity (Wildman–Crippen MR) is 105 cm³/mol. The van der Waals surface area contributed by atoms with E-state index in [9.17, 15) is 0 Å². The summed E-state index contributed by atoms with van der Waals surface area (Å²) >= 11 is 2.03. The number of alkyl halides is 2. The molecule has 0 aliphatic carbocycles. The number of ether oxygens (including phenoxy) is 1. The molecule has 0 aliphatic heterocycles. The summed E-state index contributed by atoms with van der Waals surface area (Å²) in [5, 5.41) is 0. The number of hydrogen-bond donors (Lipinski definition) is 0. The van der Waals surface area contributed by atoms with E-state index in [2.05, 4.69) is 39.8 Å². The molecular weight excluding hydrogens is 526 g/mol. The fraction of sp³-hybridized carbons (Fsp3) is 0.400. The van der Waals surface area contributed by atoms with Crippen LogP contribution < -0.4 is 25.9 Å². The van der Waals surface area contributed by atoms with E-state index in [1.54, 1.807) is 0 Å². The molecule has 0 heterocycles. The van der Waals surface area contributed by atoms with Crippen molar-refractivity contribution in [1.29, 1.82) is 0 Å². The van der Waals surface area contributed by atoms with E-state index in [1.165, 1.54) is 23.1 Å². The Kier molecular flexibility index (Phi) is 8.30.